The molecule has 2 aliphatic rings. The molecule has 0 bridgehead atoms. The second kappa shape index (κ2) is 8.53. The molecule has 0 unspecified atom stereocenters. The molecule has 124 valence electrons. The fraction of sp³-hybridized carbons (Fsp3) is 1.00. The van der Waals surface area contributed by atoms with Crippen LogP contribution in [-0.2, 0) is 0 Å². The zero-order valence-electron chi connectivity index (χ0n) is 14.8. The van der Waals surface area contributed by atoms with Crippen molar-refractivity contribution in [3.63, 3.8) is 0 Å². The fourth-order valence-electron chi connectivity index (χ4n) is 4.57. The summed E-state index contributed by atoms with van der Waals surface area (Å²) in [5, 5.41) is 3.73. The summed E-state index contributed by atoms with van der Waals surface area (Å²) in [6, 6.07) is 0. The number of hydrogen-bond acceptors (Lipinski definition) is 2. The molecule has 0 aromatic rings. The molecule has 2 fully saturated rings. The van der Waals surface area contributed by atoms with Gasteiger partial charge >= 0.3 is 0 Å². The largest absolute Gasteiger partial charge is 0.316 e. The topological polar surface area (TPSA) is 15.3 Å². The van der Waals surface area contributed by atoms with Crippen LogP contribution in [0.5, 0.6) is 0 Å². The third-order valence-electron chi connectivity index (χ3n) is 5.91. The van der Waals surface area contributed by atoms with Crippen molar-refractivity contribution in [1.29, 1.82) is 0 Å². The fourth-order valence-corrected chi connectivity index (χ4v) is 4.57. The average Bonchev–Trinajstić information content (AvgIpc) is 2.95. The van der Waals surface area contributed by atoms with E-state index in [2.05, 4.69) is 31.1 Å². The van der Waals surface area contributed by atoms with Crippen molar-refractivity contribution in [2.45, 2.75) is 71.6 Å². The maximum Gasteiger partial charge on any atom is 0.00472 e. The third kappa shape index (κ3) is 5.56. The molecule has 0 radical (unpaired) electrons. The van der Waals surface area contributed by atoms with Crippen LogP contribution in [0.1, 0.15) is 71.6 Å². The third-order valence-corrected chi connectivity index (χ3v) is 5.91. The molecule has 21 heavy (non-hydrogen) atoms. The van der Waals surface area contributed by atoms with Gasteiger partial charge < -0.3 is 10.2 Å². The lowest BCUT2D eigenvalue weighted by molar-refractivity contribution is 0.0918. The lowest BCUT2D eigenvalue weighted by Gasteiger charge is -2.42. The van der Waals surface area contributed by atoms with Crippen LogP contribution in [0, 0.1) is 17.3 Å². The summed E-state index contributed by atoms with van der Waals surface area (Å²) in [6.07, 6.45) is 12.9. The summed E-state index contributed by atoms with van der Waals surface area (Å²) >= 11 is 0. The van der Waals surface area contributed by atoms with Crippen molar-refractivity contribution in [2.24, 2.45) is 17.3 Å². The molecule has 2 saturated carbocycles. The summed E-state index contributed by atoms with van der Waals surface area (Å²) in [5.74, 6) is 1.93. The predicted molar refractivity (Wildman–Crippen MR) is 92.7 cm³/mol. The van der Waals surface area contributed by atoms with Gasteiger partial charge in [0.25, 0.3) is 0 Å². The Morgan fingerprint density at radius 3 is 2.38 bits per heavy atom. The van der Waals surface area contributed by atoms with E-state index in [1.807, 2.05) is 0 Å². The minimum absolute atomic E-state index is 0.551. The normalized spacial score (nSPS) is 31.1. The zero-order chi connectivity index (χ0) is 15.1. The molecule has 2 aliphatic carbocycles. The molecule has 0 heterocycles. The van der Waals surface area contributed by atoms with Crippen LogP contribution in [0.4, 0.5) is 0 Å². The lowest BCUT2D eigenvalue weighted by Crippen LogP contribution is -2.46. The van der Waals surface area contributed by atoms with E-state index in [0.717, 1.165) is 11.8 Å². The van der Waals surface area contributed by atoms with Crippen molar-refractivity contribution in [3.8, 4) is 0 Å². The van der Waals surface area contributed by atoms with Gasteiger partial charge in [0.2, 0.25) is 0 Å². The lowest BCUT2D eigenvalue weighted by atomic mass is 9.70. The highest BCUT2D eigenvalue weighted by Gasteiger charge is 2.35. The van der Waals surface area contributed by atoms with Crippen LogP contribution < -0.4 is 5.32 Å². The summed E-state index contributed by atoms with van der Waals surface area (Å²) in [4.78, 5) is 2.67. The summed E-state index contributed by atoms with van der Waals surface area (Å²) in [5.41, 5.74) is 0.551. The predicted octanol–water partition coefficient (Wildman–Crippen LogP) is 4.30. The molecule has 0 aromatic carbocycles. The van der Waals surface area contributed by atoms with Crippen LogP contribution in [0.25, 0.3) is 0 Å². The number of nitrogens with one attached hydrogen (secondary N) is 1. The quantitative estimate of drug-likeness (QED) is 0.671. The molecule has 0 amide bonds. The van der Waals surface area contributed by atoms with E-state index in [0.29, 0.717) is 5.41 Å². The van der Waals surface area contributed by atoms with E-state index in [4.69, 9.17) is 0 Å². The molecule has 2 rings (SSSR count). The second-order valence-corrected chi connectivity index (χ2v) is 8.21. The number of rotatable bonds is 8. The average molecular weight is 295 g/mol. The van der Waals surface area contributed by atoms with E-state index in [1.165, 1.54) is 84.0 Å². The number of nitrogens with zero attached hydrogens (tertiary/aromatic N) is 1. The smallest absolute Gasteiger partial charge is 0.00472 e. The standard InChI is InChI=1S/C19H38N2/c1-4-13-20-15-19(11-9-17(2)10-12-19)16-21(3)14-18-7-5-6-8-18/h17-18,20H,4-16H2,1-3H3. The molecular formula is C19H38N2. The van der Waals surface area contributed by atoms with Gasteiger partial charge in [0.05, 0.1) is 0 Å². The van der Waals surface area contributed by atoms with Gasteiger partial charge in [0.1, 0.15) is 0 Å². The minimum atomic E-state index is 0.551. The monoisotopic (exact) mass is 294 g/mol. The Labute approximate surface area is 133 Å². The molecular weight excluding hydrogens is 256 g/mol. The SMILES string of the molecule is CCCNCC1(CN(C)CC2CCCC2)CCC(C)CC1. The van der Waals surface area contributed by atoms with Gasteiger partial charge in [-0.1, -0.05) is 39.5 Å². The summed E-state index contributed by atoms with van der Waals surface area (Å²) in [6.45, 7) is 9.78. The first-order chi connectivity index (χ1) is 10.1. The highest BCUT2D eigenvalue weighted by Crippen LogP contribution is 2.39. The van der Waals surface area contributed by atoms with Crippen LogP contribution in [0.2, 0.25) is 0 Å². The Kier molecular flexibility index (Phi) is 7.01. The molecule has 1 N–H and O–H groups in total. The molecule has 2 heteroatoms. The van der Waals surface area contributed by atoms with Gasteiger partial charge in [-0.3, -0.25) is 0 Å². The Balaban J connectivity index is 1.84. The van der Waals surface area contributed by atoms with E-state index >= 15 is 0 Å². The Morgan fingerprint density at radius 1 is 1.10 bits per heavy atom. The first-order valence-electron chi connectivity index (χ1n) is 9.53. The van der Waals surface area contributed by atoms with Gasteiger partial charge in [-0.2, -0.15) is 0 Å². The molecule has 2 nitrogen and oxygen atoms in total. The summed E-state index contributed by atoms with van der Waals surface area (Å²) in [7, 11) is 2.37. The van der Waals surface area contributed by atoms with Crippen LogP contribution in [0.15, 0.2) is 0 Å². The molecule has 0 atom stereocenters. The van der Waals surface area contributed by atoms with Crippen molar-refractivity contribution in [3.05, 3.63) is 0 Å². The van der Waals surface area contributed by atoms with Crippen LogP contribution in [-0.4, -0.2) is 38.1 Å². The first-order valence-corrected chi connectivity index (χ1v) is 9.53. The Morgan fingerprint density at radius 2 is 1.76 bits per heavy atom. The molecule has 0 aromatic heterocycles. The van der Waals surface area contributed by atoms with Crippen LogP contribution in [0.3, 0.4) is 0 Å². The maximum absolute atomic E-state index is 3.73. The highest BCUT2D eigenvalue weighted by molar-refractivity contribution is 4.89. The van der Waals surface area contributed by atoms with Crippen molar-refractivity contribution in [1.82, 2.24) is 10.2 Å². The Bertz CT molecular complexity index is 275. The Hall–Kier alpha value is -0.0800. The summed E-state index contributed by atoms with van der Waals surface area (Å²) < 4.78 is 0. The van der Waals surface area contributed by atoms with Gasteiger partial charge in [-0.05, 0) is 62.9 Å². The first kappa shape index (κ1) is 17.3. The van der Waals surface area contributed by atoms with Crippen LogP contribution >= 0.6 is 0 Å². The van der Waals surface area contributed by atoms with E-state index in [9.17, 15) is 0 Å². The molecule has 0 saturated heterocycles. The van der Waals surface area contributed by atoms with E-state index in [-0.39, 0.29) is 0 Å². The zero-order valence-corrected chi connectivity index (χ0v) is 14.8. The van der Waals surface area contributed by atoms with Crippen molar-refractivity contribution in [2.75, 3.05) is 33.2 Å². The van der Waals surface area contributed by atoms with E-state index < -0.39 is 0 Å². The van der Waals surface area contributed by atoms with Gasteiger partial charge in [-0.25, -0.2) is 0 Å². The van der Waals surface area contributed by atoms with Gasteiger partial charge in [-0.15, -0.1) is 0 Å². The minimum Gasteiger partial charge on any atom is -0.316 e. The second-order valence-electron chi connectivity index (χ2n) is 8.21. The highest BCUT2D eigenvalue weighted by atomic mass is 15.1. The van der Waals surface area contributed by atoms with Crippen molar-refractivity contribution >= 4 is 0 Å². The maximum atomic E-state index is 3.73. The number of hydrogen-bond donors (Lipinski definition) is 1. The van der Waals surface area contributed by atoms with E-state index in [1.54, 1.807) is 0 Å². The van der Waals surface area contributed by atoms with Crippen molar-refractivity contribution < 1.29 is 0 Å². The van der Waals surface area contributed by atoms with Gasteiger partial charge in [0.15, 0.2) is 0 Å². The molecule has 0 aliphatic heterocycles. The van der Waals surface area contributed by atoms with Gasteiger partial charge in [0, 0.05) is 19.6 Å². The molecule has 0 spiro atoms.